The smallest absolute Gasteiger partial charge is 0.325 e. The average Bonchev–Trinajstić information content (AvgIpc) is 2.89. The lowest BCUT2D eigenvalue weighted by atomic mass is 10.2. The molecule has 1 aliphatic heterocycles. The number of aryl methyl sites for hydroxylation is 1. The second-order valence-corrected chi connectivity index (χ2v) is 4.54. The summed E-state index contributed by atoms with van der Waals surface area (Å²) in [5, 5.41) is 3.03. The van der Waals surface area contributed by atoms with E-state index in [0.29, 0.717) is 6.61 Å². The van der Waals surface area contributed by atoms with Crippen molar-refractivity contribution in [1.29, 1.82) is 0 Å². The first-order chi connectivity index (χ1) is 8.74. The molecule has 4 heteroatoms. The zero-order valence-corrected chi connectivity index (χ0v) is 10.6. The summed E-state index contributed by atoms with van der Waals surface area (Å²) in [5.74, 6) is -0.244. The van der Waals surface area contributed by atoms with Gasteiger partial charge in [0.2, 0.25) is 0 Å². The third-order valence-corrected chi connectivity index (χ3v) is 2.94. The Morgan fingerprint density at radius 2 is 2.22 bits per heavy atom. The van der Waals surface area contributed by atoms with Gasteiger partial charge in [0.15, 0.2) is 0 Å². The van der Waals surface area contributed by atoms with Gasteiger partial charge in [0.05, 0.1) is 6.10 Å². The lowest BCUT2D eigenvalue weighted by molar-refractivity contribution is -0.144. The van der Waals surface area contributed by atoms with E-state index in [2.05, 4.69) is 5.32 Å². The normalized spacial score (nSPS) is 18.6. The quantitative estimate of drug-likeness (QED) is 0.812. The first-order valence-electron chi connectivity index (χ1n) is 6.32. The highest BCUT2D eigenvalue weighted by atomic mass is 16.6. The molecule has 1 aromatic rings. The minimum absolute atomic E-state index is 0.0910. The Hall–Kier alpha value is -1.55. The summed E-state index contributed by atoms with van der Waals surface area (Å²) >= 11 is 0. The average molecular weight is 249 g/mol. The van der Waals surface area contributed by atoms with Gasteiger partial charge in [-0.3, -0.25) is 4.79 Å². The highest BCUT2D eigenvalue weighted by molar-refractivity contribution is 5.75. The van der Waals surface area contributed by atoms with Crippen molar-refractivity contribution in [1.82, 2.24) is 0 Å². The summed E-state index contributed by atoms with van der Waals surface area (Å²) in [7, 11) is 0. The topological polar surface area (TPSA) is 47.6 Å². The van der Waals surface area contributed by atoms with Gasteiger partial charge in [-0.15, -0.1) is 0 Å². The molecular formula is C14H19NO3. The van der Waals surface area contributed by atoms with E-state index in [1.54, 1.807) is 0 Å². The number of ether oxygens (including phenoxy) is 2. The van der Waals surface area contributed by atoms with Gasteiger partial charge < -0.3 is 14.8 Å². The minimum Gasteiger partial charge on any atom is -0.462 e. The predicted octanol–water partition coefficient (Wildman–Crippen LogP) is 2.13. The molecule has 1 heterocycles. The number of nitrogens with one attached hydrogen (secondary N) is 1. The van der Waals surface area contributed by atoms with Crippen LogP contribution >= 0.6 is 0 Å². The monoisotopic (exact) mass is 249 g/mol. The van der Waals surface area contributed by atoms with Crippen molar-refractivity contribution in [3.05, 3.63) is 29.8 Å². The Labute approximate surface area is 107 Å². The summed E-state index contributed by atoms with van der Waals surface area (Å²) in [6.45, 7) is 3.37. The molecule has 4 nitrogen and oxygen atoms in total. The highest BCUT2D eigenvalue weighted by Crippen LogP contribution is 2.12. The van der Waals surface area contributed by atoms with Crippen LogP contribution in [0.1, 0.15) is 18.4 Å². The molecule has 0 aliphatic carbocycles. The maximum Gasteiger partial charge on any atom is 0.325 e. The minimum atomic E-state index is -0.244. The molecule has 0 amide bonds. The third-order valence-electron chi connectivity index (χ3n) is 2.94. The van der Waals surface area contributed by atoms with Crippen LogP contribution in [-0.2, 0) is 14.3 Å². The first kappa shape index (κ1) is 12.9. The molecule has 1 saturated heterocycles. The molecule has 18 heavy (non-hydrogen) atoms. The molecule has 0 spiro atoms. The number of hydrogen-bond donors (Lipinski definition) is 1. The SMILES string of the molecule is Cc1ccc(NCC(=O)OCC2CCCO2)cc1. The van der Waals surface area contributed by atoms with E-state index in [1.165, 1.54) is 5.56 Å². The highest BCUT2D eigenvalue weighted by Gasteiger charge is 2.17. The maximum absolute atomic E-state index is 11.5. The second-order valence-electron chi connectivity index (χ2n) is 4.54. The van der Waals surface area contributed by atoms with Gasteiger partial charge in [-0.1, -0.05) is 17.7 Å². The Morgan fingerprint density at radius 1 is 1.44 bits per heavy atom. The number of anilines is 1. The number of benzene rings is 1. The number of rotatable bonds is 5. The molecule has 1 atom stereocenters. The van der Waals surface area contributed by atoms with Gasteiger partial charge in [0.25, 0.3) is 0 Å². The van der Waals surface area contributed by atoms with Crippen LogP contribution in [0.15, 0.2) is 24.3 Å². The van der Waals surface area contributed by atoms with Crippen molar-refractivity contribution in [2.75, 3.05) is 25.1 Å². The lowest BCUT2D eigenvalue weighted by Crippen LogP contribution is -2.22. The van der Waals surface area contributed by atoms with Crippen LogP contribution < -0.4 is 5.32 Å². The van der Waals surface area contributed by atoms with E-state index in [0.717, 1.165) is 25.1 Å². The fraction of sp³-hybridized carbons (Fsp3) is 0.500. The Balaban J connectivity index is 1.66. The van der Waals surface area contributed by atoms with Crippen LogP contribution in [-0.4, -0.2) is 31.8 Å². The Bertz CT molecular complexity index is 383. The van der Waals surface area contributed by atoms with Crippen LogP contribution in [0.25, 0.3) is 0 Å². The second kappa shape index (κ2) is 6.40. The van der Waals surface area contributed by atoms with Crippen molar-refractivity contribution >= 4 is 11.7 Å². The fourth-order valence-electron chi connectivity index (χ4n) is 1.86. The van der Waals surface area contributed by atoms with E-state index in [4.69, 9.17) is 9.47 Å². The zero-order chi connectivity index (χ0) is 12.8. The molecule has 1 aliphatic rings. The summed E-state index contributed by atoms with van der Waals surface area (Å²) in [6.07, 6.45) is 2.14. The lowest BCUT2D eigenvalue weighted by Gasteiger charge is -2.11. The summed E-state index contributed by atoms with van der Waals surface area (Å²) in [4.78, 5) is 11.5. The molecule has 0 radical (unpaired) electrons. The molecule has 98 valence electrons. The van der Waals surface area contributed by atoms with Gasteiger partial charge in [-0.2, -0.15) is 0 Å². The van der Waals surface area contributed by atoms with Crippen molar-refractivity contribution in [2.45, 2.75) is 25.9 Å². The van der Waals surface area contributed by atoms with Gasteiger partial charge in [0, 0.05) is 12.3 Å². The molecule has 0 bridgehead atoms. The summed E-state index contributed by atoms with van der Waals surface area (Å²) in [5.41, 5.74) is 2.12. The number of esters is 1. The first-order valence-corrected chi connectivity index (χ1v) is 6.32. The molecule has 1 unspecified atom stereocenters. The fourth-order valence-corrected chi connectivity index (χ4v) is 1.86. The van der Waals surface area contributed by atoms with Crippen LogP contribution in [0.4, 0.5) is 5.69 Å². The van der Waals surface area contributed by atoms with Crippen molar-refractivity contribution in [3.8, 4) is 0 Å². The Kier molecular flexibility index (Phi) is 4.59. The molecule has 2 rings (SSSR count). The van der Waals surface area contributed by atoms with Crippen LogP contribution in [0.5, 0.6) is 0 Å². The van der Waals surface area contributed by atoms with E-state index in [-0.39, 0.29) is 18.6 Å². The van der Waals surface area contributed by atoms with Gasteiger partial charge >= 0.3 is 5.97 Å². The van der Waals surface area contributed by atoms with E-state index in [9.17, 15) is 4.79 Å². The summed E-state index contributed by atoms with van der Waals surface area (Å²) in [6, 6.07) is 7.89. The van der Waals surface area contributed by atoms with Crippen LogP contribution in [0.3, 0.4) is 0 Å². The van der Waals surface area contributed by atoms with Crippen LogP contribution in [0.2, 0.25) is 0 Å². The standard InChI is InChI=1S/C14H19NO3/c1-11-4-6-12(7-5-11)15-9-14(16)18-10-13-3-2-8-17-13/h4-7,13,15H,2-3,8-10H2,1H3. The van der Waals surface area contributed by atoms with Crippen molar-refractivity contribution < 1.29 is 14.3 Å². The predicted molar refractivity (Wildman–Crippen MR) is 69.6 cm³/mol. The maximum atomic E-state index is 11.5. The van der Waals surface area contributed by atoms with Crippen LogP contribution in [0, 0.1) is 6.92 Å². The number of hydrogen-bond acceptors (Lipinski definition) is 4. The van der Waals surface area contributed by atoms with E-state index in [1.807, 2.05) is 31.2 Å². The van der Waals surface area contributed by atoms with Gasteiger partial charge in [-0.05, 0) is 31.9 Å². The van der Waals surface area contributed by atoms with Crippen molar-refractivity contribution in [2.24, 2.45) is 0 Å². The van der Waals surface area contributed by atoms with Gasteiger partial charge in [-0.25, -0.2) is 0 Å². The zero-order valence-electron chi connectivity index (χ0n) is 10.6. The summed E-state index contributed by atoms with van der Waals surface area (Å²) < 4.78 is 10.5. The molecule has 1 N–H and O–H groups in total. The number of carbonyl (C=O) groups is 1. The third kappa shape index (κ3) is 4.04. The molecule has 1 aromatic carbocycles. The van der Waals surface area contributed by atoms with E-state index < -0.39 is 0 Å². The van der Waals surface area contributed by atoms with E-state index >= 15 is 0 Å². The number of carbonyl (C=O) groups excluding carboxylic acids is 1. The Morgan fingerprint density at radius 3 is 2.89 bits per heavy atom. The molecule has 0 aromatic heterocycles. The molecular weight excluding hydrogens is 230 g/mol. The molecule has 0 saturated carbocycles. The van der Waals surface area contributed by atoms with Crippen molar-refractivity contribution in [3.63, 3.8) is 0 Å². The molecule has 1 fully saturated rings. The largest absolute Gasteiger partial charge is 0.462 e. The van der Waals surface area contributed by atoms with Gasteiger partial charge in [0.1, 0.15) is 13.2 Å².